The summed E-state index contributed by atoms with van der Waals surface area (Å²) in [4.78, 5) is 15.4. The zero-order chi connectivity index (χ0) is 37.5. The highest BCUT2D eigenvalue weighted by Gasteiger charge is 2.21. The highest BCUT2D eigenvalue weighted by atomic mass is 16.3. The normalized spacial score (nSPS) is 11.9. The lowest BCUT2D eigenvalue weighted by Crippen LogP contribution is -2.06. The summed E-state index contributed by atoms with van der Waals surface area (Å²) in [5.74, 6) is 1.76. The third-order valence-electron chi connectivity index (χ3n) is 11.2. The fourth-order valence-electron chi connectivity index (χ4n) is 8.59. The molecule has 0 saturated heterocycles. The maximum atomic E-state index is 6.78. The van der Waals surface area contributed by atoms with Crippen LogP contribution in [0.2, 0.25) is 0 Å². The van der Waals surface area contributed by atoms with Crippen molar-refractivity contribution in [1.29, 1.82) is 0 Å². The van der Waals surface area contributed by atoms with Crippen LogP contribution in [0, 0.1) is 0 Å². The van der Waals surface area contributed by atoms with E-state index in [-0.39, 0.29) is 0 Å². The minimum absolute atomic E-state index is 0.567. The first-order chi connectivity index (χ1) is 28.3. The highest BCUT2D eigenvalue weighted by molar-refractivity contribution is 6.14. The summed E-state index contributed by atoms with van der Waals surface area (Å²) in [6.07, 6.45) is 0. The molecule has 0 atom stereocenters. The molecule has 0 saturated carbocycles. The third-order valence-corrected chi connectivity index (χ3v) is 11.2. The van der Waals surface area contributed by atoms with Gasteiger partial charge in [-0.3, -0.25) is 4.57 Å². The Morgan fingerprint density at radius 2 is 0.860 bits per heavy atom. The van der Waals surface area contributed by atoms with Gasteiger partial charge in [-0.1, -0.05) is 133 Å². The first kappa shape index (κ1) is 31.5. The van der Waals surface area contributed by atoms with Gasteiger partial charge in [-0.25, -0.2) is 4.98 Å². The second-order valence-corrected chi connectivity index (χ2v) is 14.4. The van der Waals surface area contributed by atoms with E-state index in [0.29, 0.717) is 17.6 Å². The van der Waals surface area contributed by atoms with Gasteiger partial charge in [0.05, 0.1) is 27.8 Å². The predicted molar refractivity (Wildman–Crippen MR) is 232 cm³/mol. The number of rotatable bonds is 5. The van der Waals surface area contributed by atoms with Gasteiger partial charge in [0.2, 0.25) is 5.95 Å². The van der Waals surface area contributed by atoms with E-state index < -0.39 is 0 Å². The van der Waals surface area contributed by atoms with Gasteiger partial charge >= 0.3 is 0 Å². The molecule has 0 aliphatic heterocycles. The molecule has 0 aliphatic rings. The Hall–Kier alpha value is -7.83. The first-order valence-electron chi connectivity index (χ1n) is 19.1. The molecule has 4 aromatic heterocycles. The van der Waals surface area contributed by atoms with Crippen LogP contribution < -0.4 is 0 Å². The average Bonchev–Trinajstić information content (AvgIpc) is 3.94. The number of nitrogens with zero attached hydrogens (tertiary/aromatic N) is 5. The molecule has 0 fully saturated rings. The van der Waals surface area contributed by atoms with Crippen molar-refractivity contribution >= 4 is 65.6 Å². The van der Waals surface area contributed by atoms with E-state index >= 15 is 0 Å². The van der Waals surface area contributed by atoms with E-state index in [2.05, 4.69) is 161 Å². The zero-order valence-corrected chi connectivity index (χ0v) is 30.5. The van der Waals surface area contributed by atoms with Gasteiger partial charge in [0.1, 0.15) is 5.58 Å². The van der Waals surface area contributed by atoms with Gasteiger partial charge in [0, 0.05) is 43.4 Å². The standard InChI is InChI=1S/C51H31N5O/c1-3-14-32(15-4-1)34-26-28-45-40(30-34)38-20-9-10-22-42(38)55(45)46-25-13-21-39-41-31-35(27-29-47(41)57-48(39)46)50-52-49(33-16-5-2-6-17-33)53-51(54-50)56-43-23-11-7-18-36(43)37-19-8-12-24-44(37)56/h1-31H. The summed E-state index contributed by atoms with van der Waals surface area (Å²) < 4.78 is 11.3. The van der Waals surface area contributed by atoms with Crippen LogP contribution >= 0.6 is 0 Å². The summed E-state index contributed by atoms with van der Waals surface area (Å²) >= 11 is 0. The van der Waals surface area contributed by atoms with E-state index in [1.54, 1.807) is 0 Å². The average molecular weight is 730 g/mol. The number of hydrogen-bond donors (Lipinski definition) is 0. The summed E-state index contributed by atoms with van der Waals surface area (Å²) in [6, 6.07) is 65.5. The number of hydrogen-bond acceptors (Lipinski definition) is 4. The lowest BCUT2D eigenvalue weighted by atomic mass is 10.0. The van der Waals surface area contributed by atoms with Crippen molar-refractivity contribution in [2.24, 2.45) is 0 Å². The predicted octanol–water partition coefficient (Wildman–Crippen LogP) is 13.0. The van der Waals surface area contributed by atoms with Crippen LogP contribution in [0.1, 0.15) is 0 Å². The molecule has 266 valence electrons. The van der Waals surface area contributed by atoms with Crippen LogP contribution in [0.4, 0.5) is 0 Å². The second-order valence-electron chi connectivity index (χ2n) is 14.4. The molecular formula is C51H31N5O. The number of aromatic nitrogens is 5. The van der Waals surface area contributed by atoms with Gasteiger partial charge in [0.15, 0.2) is 17.2 Å². The minimum Gasteiger partial charge on any atom is -0.454 e. The molecule has 8 aromatic carbocycles. The molecule has 6 nitrogen and oxygen atoms in total. The van der Waals surface area contributed by atoms with E-state index in [4.69, 9.17) is 19.4 Å². The van der Waals surface area contributed by atoms with Crippen molar-refractivity contribution in [1.82, 2.24) is 24.1 Å². The monoisotopic (exact) mass is 729 g/mol. The van der Waals surface area contributed by atoms with Gasteiger partial charge in [-0.15, -0.1) is 0 Å². The van der Waals surface area contributed by atoms with Crippen LogP contribution in [0.5, 0.6) is 0 Å². The maximum absolute atomic E-state index is 6.78. The summed E-state index contributed by atoms with van der Waals surface area (Å²) in [7, 11) is 0. The summed E-state index contributed by atoms with van der Waals surface area (Å²) in [5.41, 5.74) is 11.1. The van der Waals surface area contributed by atoms with Crippen molar-refractivity contribution < 1.29 is 4.42 Å². The molecule has 0 N–H and O–H groups in total. The van der Waals surface area contributed by atoms with Gasteiger partial charge < -0.3 is 8.98 Å². The van der Waals surface area contributed by atoms with Crippen molar-refractivity contribution in [2.45, 2.75) is 0 Å². The van der Waals surface area contributed by atoms with Crippen molar-refractivity contribution in [2.75, 3.05) is 0 Å². The number of para-hydroxylation sites is 4. The quantitative estimate of drug-likeness (QED) is 0.177. The minimum atomic E-state index is 0.567. The van der Waals surface area contributed by atoms with Crippen LogP contribution in [0.15, 0.2) is 192 Å². The van der Waals surface area contributed by atoms with E-state index in [1.807, 2.05) is 36.4 Å². The summed E-state index contributed by atoms with van der Waals surface area (Å²) in [6.45, 7) is 0. The van der Waals surface area contributed by atoms with Crippen molar-refractivity contribution in [3.8, 4) is 45.5 Å². The smallest absolute Gasteiger partial charge is 0.238 e. The second kappa shape index (κ2) is 12.3. The number of fused-ring (bicyclic) bond motifs is 9. The molecule has 0 aliphatic carbocycles. The number of furan rings is 1. The summed E-state index contributed by atoms with van der Waals surface area (Å²) in [5, 5.41) is 6.72. The molecule has 12 aromatic rings. The Morgan fingerprint density at radius 1 is 0.333 bits per heavy atom. The van der Waals surface area contributed by atoms with Gasteiger partial charge in [0.25, 0.3) is 0 Å². The van der Waals surface area contributed by atoms with Crippen LogP contribution in [0.3, 0.4) is 0 Å². The molecule has 12 rings (SSSR count). The third kappa shape index (κ3) is 4.87. The molecular weight excluding hydrogens is 699 g/mol. The Morgan fingerprint density at radius 3 is 1.56 bits per heavy atom. The van der Waals surface area contributed by atoms with E-state index in [9.17, 15) is 0 Å². The molecule has 0 radical (unpaired) electrons. The van der Waals surface area contributed by atoms with Gasteiger partial charge in [-0.05, 0) is 65.7 Å². The molecule has 4 heterocycles. The van der Waals surface area contributed by atoms with Crippen LogP contribution in [0.25, 0.3) is 111 Å². The van der Waals surface area contributed by atoms with Gasteiger partial charge in [-0.2, -0.15) is 9.97 Å². The molecule has 0 bridgehead atoms. The topological polar surface area (TPSA) is 61.7 Å². The Kier molecular flexibility index (Phi) is 6.83. The molecule has 0 spiro atoms. The molecule has 0 unspecified atom stereocenters. The lowest BCUT2D eigenvalue weighted by molar-refractivity contribution is 0.666. The molecule has 57 heavy (non-hydrogen) atoms. The fourth-order valence-corrected chi connectivity index (χ4v) is 8.59. The number of benzene rings is 8. The van der Waals surface area contributed by atoms with Crippen LogP contribution in [-0.4, -0.2) is 24.1 Å². The van der Waals surface area contributed by atoms with E-state index in [1.165, 1.54) is 21.9 Å². The Labute approximate surface area is 326 Å². The fraction of sp³-hybridized carbons (Fsp3) is 0. The van der Waals surface area contributed by atoms with Crippen LogP contribution in [-0.2, 0) is 0 Å². The Balaban J connectivity index is 1.06. The Bertz CT molecular complexity index is 3470. The first-order valence-corrected chi connectivity index (χ1v) is 19.1. The van der Waals surface area contributed by atoms with E-state index in [0.717, 1.165) is 71.6 Å². The SMILES string of the molecule is c1ccc(-c2ccc3c(c2)c2ccccc2n3-c2cccc3c2oc2ccc(-c4nc(-c5ccccc5)nc(-n5c6ccccc6c6ccccc65)n4)cc23)cc1. The van der Waals surface area contributed by atoms with Crippen molar-refractivity contribution in [3.05, 3.63) is 188 Å². The molecule has 0 amide bonds. The lowest BCUT2D eigenvalue weighted by Gasteiger charge is -2.11. The molecule has 6 heteroatoms. The highest BCUT2D eigenvalue weighted by Crippen LogP contribution is 2.40. The largest absolute Gasteiger partial charge is 0.454 e. The zero-order valence-electron chi connectivity index (χ0n) is 30.5. The van der Waals surface area contributed by atoms with Crippen molar-refractivity contribution in [3.63, 3.8) is 0 Å². The maximum Gasteiger partial charge on any atom is 0.238 e.